The summed E-state index contributed by atoms with van der Waals surface area (Å²) in [5, 5.41) is 11.9. The fraction of sp³-hybridized carbons (Fsp3) is 0. The first-order valence-corrected chi connectivity index (χ1v) is 15.2. The number of thiophene rings is 2. The molecule has 0 spiro atoms. The van der Waals surface area contributed by atoms with E-state index < -0.39 is 0 Å². The Bertz CT molecular complexity index is 2380. The Morgan fingerprint density at radius 1 is 0.375 bits per heavy atom. The van der Waals surface area contributed by atoms with Gasteiger partial charge in [0.25, 0.3) is 0 Å². The van der Waals surface area contributed by atoms with E-state index in [9.17, 15) is 0 Å². The first-order chi connectivity index (χ1) is 19.8. The molecule has 0 N–H and O–H groups in total. The number of fused-ring (bicyclic) bond motifs is 8. The molecule has 0 radical (unpaired) electrons. The van der Waals surface area contributed by atoms with Crippen molar-refractivity contribution in [2.45, 2.75) is 0 Å². The van der Waals surface area contributed by atoms with Crippen LogP contribution >= 0.6 is 22.7 Å². The van der Waals surface area contributed by atoms with Crippen LogP contribution in [0.15, 0.2) is 133 Å². The minimum absolute atomic E-state index is 1.26. The minimum Gasteiger partial charge on any atom is -0.124 e. The molecule has 2 aromatic heterocycles. The van der Waals surface area contributed by atoms with Crippen LogP contribution in [0.1, 0.15) is 0 Å². The first-order valence-electron chi connectivity index (χ1n) is 13.6. The van der Waals surface area contributed by atoms with Gasteiger partial charge in [0.15, 0.2) is 0 Å². The third kappa shape index (κ3) is 3.12. The largest absolute Gasteiger partial charge is 0.124 e. The van der Waals surface area contributed by atoms with Gasteiger partial charge in [0, 0.05) is 25.6 Å². The minimum atomic E-state index is 1.26. The molecule has 0 saturated heterocycles. The predicted molar refractivity (Wildman–Crippen MR) is 178 cm³/mol. The van der Waals surface area contributed by atoms with Gasteiger partial charge in [0.1, 0.15) is 0 Å². The molecule has 0 fully saturated rings. The number of hydrogen-bond acceptors (Lipinski definition) is 2. The molecule has 0 nitrogen and oxygen atoms in total. The molecule has 0 bridgehead atoms. The van der Waals surface area contributed by atoms with Gasteiger partial charge in [-0.05, 0) is 72.8 Å². The lowest BCUT2D eigenvalue weighted by Crippen LogP contribution is -1.91. The lowest BCUT2D eigenvalue weighted by molar-refractivity contribution is 1.69. The van der Waals surface area contributed by atoms with Gasteiger partial charge < -0.3 is 0 Å². The number of benzene rings is 7. The van der Waals surface area contributed by atoms with Gasteiger partial charge in [-0.2, -0.15) is 0 Å². The van der Waals surface area contributed by atoms with Crippen molar-refractivity contribution in [1.82, 2.24) is 0 Å². The zero-order valence-corrected chi connectivity index (χ0v) is 23.2. The summed E-state index contributed by atoms with van der Waals surface area (Å²) in [6, 6.07) is 49.2. The molecule has 186 valence electrons. The van der Waals surface area contributed by atoms with Crippen LogP contribution in [0, 0.1) is 0 Å². The molecule has 0 saturated carbocycles. The van der Waals surface area contributed by atoms with Crippen molar-refractivity contribution < 1.29 is 0 Å². The zero-order valence-electron chi connectivity index (χ0n) is 21.5. The van der Waals surface area contributed by atoms with Crippen LogP contribution in [-0.2, 0) is 0 Å². The van der Waals surface area contributed by atoms with Crippen molar-refractivity contribution in [1.29, 1.82) is 0 Å². The quantitative estimate of drug-likeness (QED) is 0.191. The molecule has 40 heavy (non-hydrogen) atoms. The number of rotatable bonds is 2. The Labute approximate surface area is 239 Å². The summed E-state index contributed by atoms with van der Waals surface area (Å²) in [5.41, 5.74) is 5.23. The summed E-state index contributed by atoms with van der Waals surface area (Å²) in [6.45, 7) is 0. The molecule has 9 aromatic rings. The van der Waals surface area contributed by atoms with E-state index >= 15 is 0 Å². The van der Waals surface area contributed by atoms with Crippen LogP contribution in [0.25, 0.3) is 84.1 Å². The summed E-state index contributed by atoms with van der Waals surface area (Å²) >= 11 is 3.84. The molecule has 0 aliphatic rings. The van der Waals surface area contributed by atoms with E-state index in [0.29, 0.717) is 0 Å². The van der Waals surface area contributed by atoms with Crippen molar-refractivity contribution in [3.8, 4) is 22.3 Å². The highest BCUT2D eigenvalue weighted by molar-refractivity contribution is 7.44. The lowest BCUT2D eigenvalue weighted by atomic mass is 9.84. The van der Waals surface area contributed by atoms with E-state index in [-0.39, 0.29) is 0 Å². The van der Waals surface area contributed by atoms with Crippen molar-refractivity contribution >= 4 is 84.6 Å². The third-order valence-electron chi connectivity index (χ3n) is 8.28. The highest BCUT2D eigenvalue weighted by Crippen LogP contribution is 2.50. The van der Waals surface area contributed by atoms with Gasteiger partial charge in [0.05, 0.1) is 4.01 Å². The molecule has 0 aliphatic heterocycles. The van der Waals surface area contributed by atoms with Gasteiger partial charge in [-0.25, -0.2) is 0 Å². The van der Waals surface area contributed by atoms with Gasteiger partial charge >= 0.3 is 0 Å². The second-order valence-corrected chi connectivity index (χ2v) is 12.8. The maximum Gasteiger partial charge on any atom is 0.0890 e. The Morgan fingerprint density at radius 2 is 0.950 bits per heavy atom. The standard InChI is InChI=1S/C38H22S2/c1-2-11-24-22-25(21-20-23(24)10-1)34-26-12-3-5-14-28(26)35(29-15-6-4-13-27(29)34)31-17-9-19-33-36(31)37-30-16-7-8-18-32(30)39-38(37)40-33/h1-22H. The van der Waals surface area contributed by atoms with Crippen molar-refractivity contribution in [2.75, 3.05) is 0 Å². The first kappa shape index (κ1) is 22.3. The fourth-order valence-electron chi connectivity index (χ4n) is 6.59. The number of hydrogen-bond donors (Lipinski definition) is 0. The van der Waals surface area contributed by atoms with Gasteiger partial charge in [0.2, 0.25) is 0 Å². The average molecular weight is 543 g/mol. The molecule has 2 heteroatoms. The monoisotopic (exact) mass is 542 g/mol. The molecular weight excluding hydrogens is 521 g/mol. The third-order valence-corrected chi connectivity index (χ3v) is 10.7. The van der Waals surface area contributed by atoms with E-state index in [1.165, 1.54) is 84.1 Å². The maximum atomic E-state index is 2.35. The predicted octanol–water partition coefficient (Wildman–Crippen LogP) is 12.1. The lowest BCUT2D eigenvalue weighted by Gasteiger charge is -2.18. The van der Waals surface area contributed by atoms with Crippen molar-refractivity contribution in [2.24, 2.45) is 0 Å². The van der Waals surface area contributed by atoms with Gasteiger partial charge in [-0.15, -0.1) is 22.7 Å². The van der Waals surface area contributed by atoms with E-state index in [1.807, 2.05) is 22.7 Å². The molecule has 7 aromatic carbocycles. The fourth-order valence-corrected chi connectivity index (χ4v) is 9.21. The van der Waals surface area contributed by atoms with E-state index in [4.69, 9.17) is 0 Å². The van der Waals surface area contributed by atoms with Crippen molar-refractivity contribution in [3.63, 3.8) is 0 Å². The van der Waals surface area contributed by atoms with Crippen LogP contribution in [0.2, 0.25) is 0 Å². The van der Waals surface area contributed by atoms with Gasteiger partial charge in [-0.3, -0.25) is 0 Å². The maximum absolute atomic E-state index is 2.35. The molecule has 0 atom stereocenters. The Hall–Kier alpha value is -4.50. The normalized spacial score (nSPS) is 12.0. The highest BCUT2D eigenvalue weighted by atomic mass is 32.2. The van der Waals surface area contributed by atoms with Crippen LogP contribution in [0.5, 0.6) is 0 Å². The second kappa shape index (κ2) is 8.50. The van der Waals surface area contributed by atoms with Crippen LogP contribution < -0.4 is 0 Å². The Balaban J connectivity index is 1.45. The summed E-state index contributed by atoms with van der Waals surface area (Å²) in [5.74, 6) is 0. The molecule has 0 aliphatic carbocycles. The van der Waals surface area contributed by atoms with Gasteiger partial charge in [-0.1, -0.05) is 115 Å². The topological polar surface area (TPSA) is 0 Å². The smallest absolute Gasteiger partial charge is 0.0890 e. The second-order valence-electron chi connectivity index (χ2n) is 10.4. The SMILES string of the molecule is c1ccc2cc(-c3c4ccccc4c(-c4cccc5sc6sc7ccccc7c6c45)c4ccccc34)ccc2c1. The Morgan fingerprint density at radius 3 is 1.70 bits per heavy atom. The van der Waals surface area contributed by atoms with Crippen LogP contribution in [-0.4, -0.2) is 0 Å². The molecule has 9 rings (SSSR count). The molecule has 2 heterocycles. The summed E-state index contributed by atoms with van der Waals surface area (Å²) in [7, 11) is 0. The van der Waals surface area contributed by atoms with Crippen LogP contribution in [0.4, 0.5) is 0 Å². The average Bonchev–Trinajstić information content (AvgIpc) is 3.55. The van der Waals surface area contributed by atoms with E-state index in [0.717, 1.165) is 0 Å². The van der Waals surface area contributed by atoms with Crippen LogP contribution in [0.3, 0.4) is 0 Å². The van der Waals surface area contributed by atoms with E-state index in [1.54, 1.807) is 0 Å². The molecular formula is C38H22S2. The summed E-state index contributed by atoms with van der Waals surface area (Å²) in [6.07, 6.45) is 0. The zero-order chi connectivity index (χ0) is 26.2. The van der Waals surface area contributed by atoms with E-state index in [2.05, 4.69) is 133 Å². The molecule has 0 unspecified atom stereocenters. The Kier molecular flexibility index (Phi) is 4.74. The summed E-state index contributed by atoms with van der Waals surface area (Å²) < 4.78 is 4.13. The van der Waals surface area contributed by atoms with Crippen molar-refractivity contribution in [3.05, 3.63) is 133 Å². The summed E-state index contributed by atoms with van der Waals surface area (Å²) in [4.78, 5) is 0. The highest BCUT2D eigenvalue weighted by Gasteiger charge is 2.21. The molecule has 0 amide bonds.